The summed E-state index contributed by atoms with van der Waals surface area (Å²) in [5.74, 6) is 0.273. The molecule has 0 aliphatic carbocycles. The molecule has 128 valence electrons. The summed E-state index contributed by atoms with van der Waals surface area (Å²) in [6.07, 6.45) is 0. The quantitative estimate of drug-likeness (QED) is 0.636. The summed E-state index contributed by atoms with van der Waals surface area (Å²) in [5, 5.41) is 10.6. The molecule has 25 heavy (non-hydrogen) atoms. The molecule has 2 aromatic rings. The van der Waals surface area contributed by atoms with E-state index in [0.717, 1.165) is 10.4 Å². The Balaban J connectivity index is 1.76. The number of thiophene rings is 1. The van der Waals surface area contributed by atoms with Crippen molar-refractivity contribution in [2.75, 3.05) is 20.1 Å². The van der Waals surface area contributed by atoms with E-state index in [1.165, 1.54) is 4.90 Å². The number of nitrogens with zero attached hydrogens (tertiary/aromatic N) is 3. The summed E-state index contributed by atoms with van der Waals surface area (Å²) in [6.45, 7) is 0.942. The number of rotatable bonds is 2. The monoisotopic (exact) mass is 353 g/mol. The number of carbonyl (C=O) groups excluding carboxylic acids is 1. The summed E-state index contributed by atoms with van der Waals surface area (Å²) in [4.78, 5) is 22.0. The first kappa shape index (κ1) is 15.8. The zero-order chi connectivity index (χ0) is 17.6. The van der Waals surface area contributed by atoms with E-state index in [9.17, 15) is 4.79 Å². The van der Waals surface area contributed by atoms with Gasteiger partial charge in [-0.3, -0.25) is 15.1 Å². The van der Waals surface area contributed by atoms with Gasteiger partial charge in [0.2, 0.25) is 5.91 Å². The first-order valence-corrected chi connectivity index (χ1v) is 8.97. The van der Waals surface area contributed by atoms with E-state index in [2.05, 4.69) is 0 Å². The van der Waals surface area contributed by atoms with Gasteiger partial charge in [-0.25, -0.2) is 4.99 Å². The van der Waals surface area contributed by atoms with Gasteiger partial charge < -0.3 is 10.6 Å². The molecule has 2 atom stereocenters. The third kappa shape index (κ3) is 2.34. The Labute approximate surface area is 150 Å². The molecule has 2 unspecified atom stereocenters. The van der Waals surface area contributed by atoms with Crippen LogP contribution in [0.15, 0.2) is 52.8 Å². The van der Waals surface area contributed by atoms with Gasteiger partial charge in [-0.2, -0.15) is 0 Å². The molecule has 1 fully saturated rings. The molecule has 1 amide bonds. The molecule has 0 radical (unpaired) electrons. The first-order valence-electron chi connectivity index (χ1n) is 8.09. The van der Waals surface area contributed by atoms with Crippen LogP contribution in [0.1, 0.15) is 10.4 Å². The summed E-state index contributed by atoms with van der Waals surface area (Å²) in [5.41, 5.74) is 6.16. The highest BCUT2D eigenvalue weighted by Gasteiger charge is 2.56. The minimum absolute atomic E-state index is 0.0377. The van der Waals surface area contributed by atoms with Crippen LogP contribution in [0.4, 0.5) is 0 Å². The fourth-order valence-corrected chi connectivity index (χ4v) is 4.55. The number of likely N-dealkylation sites (tertiary alicyclic amines) is 1. The highest BCUT2D eigenvalue weighted by molar-refractivity contribution is 7.10. The van der Waals surface area contributed by atoms with Gasteiger partial charge >= 0.3 is 0 Å². The van der Waals surface area contributed by atoms with E-state index >= 15 is 0 Å². The number of aliphatic imine (C=N–C) groups is 1. The maximum absolute atomic E-state index is 12.9. The van der Waals surface area contributed by atoms with E-state index in [0.29, 0.717) is 18.9 Å². The van der Waals surface area contributed by atoms with Gasteiger partial charge in [0, 0.05) is 24.0 Å². The lowest BCUT2D eigenvalue weighted by Gasteiger charge is -2.36. The number of carbonyl (C=O) groups is 1. The highest BCUT2D eigenvalue weighted by atomic mass is 32.1. The van der Waals surface area contributed by atoms with Crippen LogP contribution in [0.25, 0.3) is 0 Å². The Morgan fingerprint density at radius 3 is 2.76 bits per heavy atom. The SMILES string of the molecule is CN1C(=O)C2CN(C(=N)c3ccccc3)CC2(c2cccs2)N=C1N. The normalized spacial score (nSPS) is 25.7. The van der Waals surface area contributed by atoms with Crippen LogP contribution in [0.5, 0.6) is 0 Å². The zero-order valence-corrected chi connectivity index (χ0v) is 14.7. The Morgan fingerprint density at radius 2 is 2.08 bits per heavy atom. The fraction of sp³-hybridized carbons (Fsp3) is 0.278. The Morgan fingerprint density at radius 1 is 1.32 bits per heavy atom. The maximum atomic E-state index is 12.9. The van der Waals surface area contributed by atoms with Crippen molar-refractivity contribution in [3.05, 3.63) is 58.3 Å². The van der Waals surface area contributed by atoms with Crippen molar-refractivity contribution in [1.82, 2.24) is 9.80 Å². The average molecular weight is 353 g/mol. The second-order valence-electron chi connectivity index (χ2n) is 6.42. The molecule has 2 aliphatic heterocycles. The largest absolute Gasteiger partial charge is 0.369 e. The minimum atomic E-state index is -0.705. The van der Waals surface area contributed by atoms with E-state index in [1.807, 2.05) is 52.7 Å². The molecular formula is C18H19N5OS. The van der Waals surface area contributed by atoms with Crippen LogP contribution in [-0.4, -0.2) is 47.6 Å². The molecule has 0 saturated carbocycles. The third-order valence-corrected chi connectivity index (χ3v) is 6.05. The number of amidine groups is 1. The molecule has 2 aliphatic rings. The van der Waals surface area contributed by atoms with Crippen LogP contribution in [0, 0.1) is 11.3 Å². The molecular weight excluding hydrogens is 334 g/mol. The van der Waals surface area contributed by atoms with Crippen molar-refractivity contribution in [3.8, 4) is 0 Å². The predicted molar refractivity (Wildman–Crippen MR) is 98.7 cm³/mol. The lowest BCUT2D eigenvalue weighted by atomic mass is 9.84. The zero-order valence-electron chi connectivity index (χ0n) is 13.8. The Hall–Kier alpha value is -2.67. The number of amides is 1. The van der Waals surface area contributed by atoms with E-state index in [4.69, 9.17) is 16.1 Å². The molecule has 7 heteroatoms. The van der Waals surface area contributed by atoms with Gasteiger partial charge in [0.1, 0.15) is 11.4 Å². The van der Waals surface area contributed by atoms with Crippen molar-refractivity contribution in [1.29, 1.82) is 5.41 Å². The third-order valence-electron chi connectivity index (χ3n) is 5.01. The number of fused-ring (bicyclic) bond motifs is 1. The summed E-state index contributed by atoms with van der Waals surface area (Å²) in [6, 6.07) is 13.5. The topological polar surface area (TPSA) is 85.8 Å². The average Bonchev–Trinajstić information content (AvgIpc) is 3.28. The van der Waals surface area contributed by atoms with Crippen molar-refractivity contribution < 1.29 is 4.79 Å². The summed E-state index contributed by atoms with van der Waals surface area (Å²) >= 11 is 1.58. The van der Waals surface area contributed by atoms with Crippen LogP contribution in [-0.2, 0) is 10.3 Å². The second kappa shape index (κ2) is 5.70. The lowest BCUT2D eigenvalue weighted by molar-refractivity contribution is -0.132. The van der Waals surface area contributed by atoms with Gasteiger partial charge in [0.25, 0.3) is 0 Å². The number of nitrogens with two attached hydrogens (primary N) is 1. The highest BCUT2D eigenvalue weighted by Crippen LogP contribution is 2.45. The van der Waals surface area contributed by atoms with E-state index < -0.39 is 5.54 Å². The van der Waals surface area contributed by atoms with Gasteiger partial charge in [-0.15, -0.1) is 11.3 Å². The van der Waals surface area contributed by atoms with Crippen molar-refractivity contribution in [2.45, 2.75) is 5.54 Å². The standard InChI is InChI=1S/C18H19N5OS/c1-22-16(24)13-10-23(15(19)12-6-3-2-4-7-12)11-18(13,21-17(22)20)14-8-5-9-25-14/h2-9,13,19H,10-11H2,1H3,(H2,20,21). The molecule has 3 N–H and O–H groups in total. The molecule has 4 rings (SSSR count). The van der Waals surface area contributed by atoms with Crippen molar-refractivity contribution in [3.63, 3.8) is 0 Å². The van der Waals surface area contributed by atoms with Gasteiger partial charge in [-0.05, 0) is 11.4 Å². The molecule has 1 aromatic carbocycles. The van der Waals surface area contributed by atoms with Crippen molar-refractivity contribution >= 4 is 29.0 Å². The fourth-order valence-electron chi connectivity index (χ4n) is 3.64. The molecule has 1 aromatic heterocycles. The smallest absolute Gasteiger partial charge is 0.236 e. The Bertz CT molecular complexity index is 848. The van der Waals surface area contributed by atoms with E-state index in [-0.39, 0.29) is 17.8 Å². The molecule has 1 saturated heterocycles. The van der Waals surface area contributed by atoms with Crippen LogP contribution in [0.3, 0.4) is 0 Å². The van der Waals surface area contributed by atoms with Crippen LogP contribution in [0.2, 0.25) is 0 Å². The second-order valence-corrected chi connectivity index (χ2v) is 7.36. The first-order chi connectivity index (χ1) is 12.0. The van der Waals surface area contributed by atoms with Crippen molar-refractivity contribution in [2.24, 2.45) is 16.6 Å². The van der Waals surface area contributed by atoms with Crippen LogP contribution >= 0.6 is 11.3 Å². The summed E-state index contributed by atoms with van der Waals surface area (Å²) in [7, 11) is 1.66. The van der Waals surface area contributed by atoms with Gasteiger partial charge in [0.05, 0.1) is 12.5 Å². The number of hydrogen-bond donors (Lipinski definition) is 2. The Kier molecular flexibility index (Phi) is 3.61. The molecule has 6 nitrogen and oxygen atoms in total. The molecule has 3 heterocycles. The molecule has 0 bridgehead atoms. The minimum Gasteiger partial charge on any atom is -0.369 e. The number of benzene rings is 1. The maximum Gasteiger partial charge on any atom is 0.236 e. The summed E-state index contributed by atoms with van der Waals surface area (Å²) < 4.78 is 0. The predicted octanol–water partition coefficient (Wildman–Crippen LogP) is 1.69. The van der Waals surface area contributed by atoms with Gasteiger partial charge in [0.15, 0.2) is 5.96 Å². The number of hydrogen-bond acceptors (Lipinski definition) is 5. The van der Waals surface area contributed by atoms with Gasteiger partial charge in [-0.1, -0.05) is 36.4 Å². The molecule has 0 spiro atoms. The van der Waals surface area contributed by atoms with Crippen LogP contribution < -0.4 is 5.73 Å². The lowest BCUT2D eigenvalue weighted by Crippen LogP contribution is -2.54. The number of nitrogens with one attached hydrogen (secondary N) is 1. The number of guanidine groups is 1. The van der Waals surface area contributed by atoms with E-state index in [1.54, 1.807) is 18.4 Å².